The van der Waals surface area contributed by atoms with E-state index in [1.807, 2.05) is 0 Å². The minimum Gasteiger partial charge on any atom is -0.347 e. The second-order valence-electron chi connectivity index (χ2n) is 7.20. The molecule has 0 amide bonds. The average molecular weight is 341 g/mol. The summed E-state index contributed by atoms with van der Waals surface area (Å²) in [6, 6.07) is 26.3. The van der Waals surface area contributed by atoms with Crippen molar-refractivity contribution in [3.8, 4) is 11.1 Å². The van der Waals surface area contributed by atoms with E-state index in [4.69, 9.17) is 0 Å². The van der Waals surface area contributed by atoms with Crippen LogP contribution in [-0.4, -0.2) is 0 Å². The number of benzene rings is 3. The van der Waals surface area contributed by atoms with Gasteiger partial charge >= 0.3 is 0 Å². The van der Waals surface area contributed by atoms with Gasteiger partial charge in [0, 0.05) is 15.8 Å². The number of thiophene rings is 1. The zero-order valence-electron chi connectivity index (χ0n) is 14.3. The molecular formula is C23H19NS. The van der Waals surface area contributed by atoms with Crippen molar-refractivity contribution >= 4 is 32.1 Å². The highest BCUT2D eigenvalue weighted by Gasteiger charge is 2.35. The molecule has 1 heterocycles. The fourth-order valence-electron chi connectivity index (χ4n) is 3.97. The Kier molecular flexibility index (Phi) is 3.07. The smallest absolute Gasteiger partial charge is 0.0939 e. The van der Waals surface area contributed by atoms with Crippen molar-refractivity contribution < 1.29 is 0 Å². The predicted octanol–water partition coefficient (Wildman–Crippen LogP) is 6.95. The third kappa shape index (κ3) is 2.21. The number of rotatable bonds is 2. The molecule has 0 atom stereocenters. The molecule has 0 radical (unpaired) electrons. The Bertz CT molecular complexity index is 1070. The monoisotopic (exact) mass is 341 g/mol. The summed E-state index contributed by atoms with van der Waals surface area (Å²) in [5, 5.41) is 6.09. The molecule has 1 aliphatic rings. The second-order valence-corrected chi connectivity index (χ2v) is 8.29. The number of hydrogen-bond acceptors (Lipinski definition) is 2. The molecule has 0 saturated carbocycles. The zero-order chi connectivity index (χ0) is 17.0. The Balaban J connectivity index is 1.56. The van der Waals surface area contributed by atoms with E-state index in [0.29, 0.717) is 0 Å². The highest BCUT2D eigenvalue weighted by molar-refractivity contribution is 7.22. The third-order valence-electron chi connectivity index (χ3n) is 5.28. The molecule has 3 aromatic carbocycles. The summed E-state index contributed by atoms with van der Waals surface area (Å²) in [6.45, 7) is 4.64. The van der Waals surface area contributed by atoms with E-state index >= 15 is 0 Å². The predicted molar refractivity (Wildman–Crippen MR) is 109 cm³/mol. The van der Waals surface area contributed by atoms with E-state index in [1.165, 1.54) is 37.3 Å². The molecule has 0 bridgehead atoms. The lowest BCUT2D eigenvalue weighted by atomic mass is 9.82. The molecule has 1 aliphatic carbocycles. The SMILES string of the molecule is CC1(C)c2ccccc2-c2ccc(Nc3cc4ccccc4s3)cc21. The highest BCUT2D eigenvalue weighted by atomic mass is 32.1. The fraction of sp³-hybridized carbons (Fsp3) is 0.130. The molecule has 2 heteroatoms. The van der Waals surface area contributed by atoms with Crippen LogP contribution in [0.3, 0.4) is 0 Å². The average Bonchev–Trinajstić information content (AvgIpc) is 3.12. The summed E-state index contributed by atoms with van der Waals surface area (Å²) >= 11 is 1.80. The Morgan fingerprint density at radius 3 is 2.40 bits per heavy atom. The van der Waals surface area contributed by atoms with Gasteiger partial charge in [0.25, 0.3) is 0 Å². The first-order valence-corrected chi connectivity index (χ1v) is 9.44. The van der Waals surface area contributed by atoms with Crippen LogP contribution in [0.15, 0.2) is 72.8 Å². The van der Waals surface area contributed by atoms with Crippen LogP contribution in [0.1, 0.15) is 25.0 Å². The molecule has 1 aromatic heterocycles. The van der Waals surface area contributed by atoms with Gasteiger partial charge in [-0.15, -0.1) is 11.3 Å². The van der Waals surface area contributed by atoms with Gasteiger partial charge in [0.15, 0.2) is 0 Å². The standard InChI is InChI=1S/C23H19NS/c1-23(2)19-9-5-4-8-17(19)18-12-11-16(14-20(18)23)24-22-13-15-7-3-6-10-21(15)25-22/h3-14,24H,1-2H3. The first-order valence-electron chi connectivity index (χ1n) is 8.63. The van der Waals surface area contributed by atoms with Crippen LogP contribution < -0.4 is 5.32 Å². The molecular weight excluding hydrogens is 322 g/mol. The van der Waals surface area contributed by atoms with Gasteiger partial charge in [-0.3, -0.25) is 0 Å². The Labute approximate surface area is 152 Å². The van der Waals surface area contributed by atoms with Crippen LogP contribution in [0.5, 0.6) is 0 Å². The largest absolute Gasteiger partial charge is 0.347 e. The highest BCUT2D eigenvalue weighted by Crippen LogP contribution is 2.49. The summed E-state index contributed by atoms with van der Waals surface area (Å²) in [6.07, 6.45) is 0. The van der Waals surface area contributed by atoms with E-state index in [1.54, 1.807) is 11.3 Å². The van der Waals surface area contributed by atoms with Gasteiger partial charge in [-0.2, -0.15) is 0 Å². The van der Waals surface area contributed by atoms with Crippen molar-refractivity contribution in [3.05, 3.63) is 83.9 Å². The van der Waals surface area contributed by atoms with Gasteiger partial charge in [0.05, 0.1) is 5.00 Å². The summed E-state index contributed by atoms with van der Waals surface area (Å²) < 4.78 is 1.32. The summed E-state index contributed by atoms with van der Waals surface area (Å²) in [5.41, 5.74) is 6.76. The van der Waals surface area contributed by atoms with Crippen molar-refractivity contribution in [2.75, 3.05) is 5.32 Å². The molecule has 122 valence electrons. The summed E-state index contributed by atoms with van der Waals surface area (Å²) in [4.78, 5) is 0. The van der Waals surface area contributed by atoms with Crippen molar-refractivity contribution in [1.29, 1.82) is 0 Å². The number of nitrogens with one attached hydrogen (secondary N) is 1. The Morgan fingerprint density at radius 1 is 0.760 bits per heavy atom. The van der Waals surface area contributed by atoms with Gasteiger partial charge in [0.2, 0.25) is 0 Å². The number of fused-ring (bicyclic) bond motifs is 4. The molecule has 0 spiro atoms. The quantitative estimate of drug-likeness (QED) is 0.416. The molecule has 25 heavy (non-hydrogen) atoms. The van der Waals surface area contributed by atoms with E-state index < -0.39 is 0 Å². The van der Waals surface area contributed by atoms with Gasteiger partial charge < -0.3 is 5.32 Å². The van der Waals surface area contributed by atoms with Crippen LogP contribution in [0.4, 0.5) is 10.7 Å². The summed E-state index contributed by atoms with van der Waals surface area (Å²) in [7, 11) is 0. The summed E-state index contributed by atoms with van der Waals surface area (Å²) in [5.74, 6) is 0. The molecule has 5 rings (SSSR count). The second kappa shape index (κ2) is 5.21. The van der Waals surface area contributed by atoms with Crippen molar-refractivity contribution in [3.63, 3.8) is 0 Å². The first-order chi connectivity index (χ1) is 12.1. The molecule has 0 fully saturated rings. The van der Waals surface area contributed by atoms with E-state index in [-0.39, 0.29) is 5.41 Å². The maximum atomic E-state index is 3.61. The maximum Gasteiger partial charge on any atom is 0.0939 e. The lowest BCUT2D eigenvalue weighted by molar-refractivity contribution is 0.660. The van der Waals surface area contributed by atoms with Crippen LogP contribution in [0.2, 0.25) is 0 Å². The van der Waals surface area contributed by atoms with Crippen LogP contribution in [0, 0.1) is 0 Å². The van der Waals surface area contributed by atoms with Gasteiger partial charge in [-0.1, -0.05) is 62.4 Å². The minimum absolute atomic E-state index is 0.0454. The molecule has 4 aromatic rings. The number of anilines is 2. The Hall–Kier alpha value is -2.58. The van der Waals surface area contributed by atoms with Crippen molar-refractivity contribution in [2.45, 2.75) is 19.3 Å². The Morgan fingerprint density at radius 2 is 1.52 bits per heavy atom. The zero-order valence-corrected chi connectivity index (χ0v) is 15.2. The first kappa shape index (κ1) is 14.7. The van der Waals surface area contributed by atoms with Crippen molar-refractivity contribution in [1.82, 2.24) is 0 Å². The molecule has 1 nitrogen and oxygen atoms in total. The van der Waals surface area contributed by atoms with Crippen LogP contribution in [-0.2, 0) is 5.41 Å². The number of hydrogen-bond donors (Lipinski definition) is 1. The topological polar surface area (TPSA) is 12.0 Å². The maximum absolute atomic E-state index is 3.61. The van der Waals surface area contributed by atoms with Crippen molar-refractivity contribution in [2.24, 2.45) is 0 Å². The lowest BCUT2D eigenvalue weighted by Crippen LogP contribution is -2.15. The molecule has 1 N–H and O–H groups in total. The van der Waals surface area contributed by atoms with Crippen LogP contribution >= 0.6 is 11.3 Å². The normalized spacial score (nSPS) is 14.3. The fourth-order valence-corrected chi connectivity index (χ4v) is 4.95. The van der Waals surface area contributed by atoms with E-state index in [2.05, 4.69) is 92.0 Å². The molecule has 0 unspecified atom stereocenters. The lowest BCUT2D eigenvalue weighted by Gasteiger charge is -2.22. The van der Waals surface area contributed by atoms with E-state index in [9.17, 15) is 0 Å². The minimum atomic E-state index is 0.0454. The third-order valence-corrected chi connectivity index (χ3v) is 6.31. The van der Waals surface area contributed by atoms with Gasteiger partial charge in [0.1, 0.15) is 0 Å². The molecule has 0 aliphatic heterocycles. The molecule has 0 saturated heterocycles. The van der Waals surface area contributed by atoms with Gasteiger partial charge in [-0.05, 0) is 51.9 Å². The van der Waals surface area contributed by atoms with Gasteiger partial charge in [-0.25, -0.2) is 0 Å². The van der Waals surface area contributed by atoms with Crippen LogP contribution in [0.25, 0.3) is 21.2 Å². The van der Waals surface area contributed by atoms with E-state index in [0.717, 1.165) is 5.69 Å².